The van der Waals surface area contributed by atoms with E-state index in [1.807, 2.05) is 0 Å². The highest BCUT2D eigenvalue weighted by molar-refractivity contribution is 5.77. The Balaban J connectivity index is 1.38. The normalized spacial score (nSPS) is 21.1. The highest BCUT2D eigenvalue weighted by atomic mass is 16.5. The Morgan fingerprint density at radius 2 is 2.28 bits per heavy atom. The number of pyridine rings is 1. The molecule has 1 amide bonds. The quantitative estimate of drug-likeness (QED) is 0.835. The summed E-state index contributed by atoms with van der Waals surface area (Å²) < 4.78 is 10.9. The van der Waals surface area contributed by atoms with Crippen molar-refractivity contribution in [2.45, 2.75) is 37.8 Å². The SMILES string of the molecule is N#Cc1cccnc1N1CCC(NC(=O)COCC2CCCO2)CC1. The van der Waals surface area contributed by atoms with Crippen molar-refractivity contribution in [3.05, 3.63) is 23.9 Å². The fourth-order valence-electron chi connectivity index (χ4n) is 3.30. The van der Waals surface area contributed by atoms with E-state index in [1.54, 1.807) is 18.3 Å². The predicted molar refractivity (Wildman–Crippen MR) is 92.1 cm³/mol. The number of hydrogen-bond acceptors (Lipinski definition) is 6. The number of piperidine rings is 1. The number of aromatic nitrogens is 1. The van der Waals surface area contributed by atoms with E-state index in [0.717, 1.165) is 51.2 Å². The lowest BCUT2D eigenvalue weighted by atomic mass is 10.0. The van der Waals surface area contributed by atoms with Crippen LogP contribution >= 0.6 is 0 Å². The van der Waals surface area contributed by atoms with E-state index in [2.05, 4.69) is 21.3 Å². The molecule has 0 radical (unpaired) electrons. The molecule has 0 aromatic carbocycles. The highest BCUT2D eigenvalue weighted by Gasteiger charge is 2.23. The van der Waals surface area contributed by atoms with Gasteiger partial charge in [-0.1, -0.05) is 0 Å². The van der Waals surface area contributed by atoms with Crippen LogP contribution in [0, 0.1) is 11.3 Å². The lowest BCUT2D eigenvalue weighted by molar-refractivity contribution is -0.127. The summed E-state index contributed by atoms with van der Waals surface area (Å²) in [5.41, 5.74) is 0.590. The molecule has 0 spiro atoms. The van der Waals surface area contributed by atoms with E-state index in [9.17, 15) is 10.1 Å². The number of ether oxygens (including phenoxy) is 2. The first-order valence-corrected chi connectivity index (χ1v) is 8.85. The van der Waals surface area contributed by atoms with Gasteiger partial charge in [0.05, 0.1) is 18.3 Å². The van der Waals surface area contributed by atoms with E-state index in [1.165, 1.54) is 0 Å². The third-order valence-corrected chi connectivity index (χ3v) is 4.63. The van der Waals surface area contributed by atoms with E-state index >= 15 is 0 Å². The first-order valence-electron chi connectivity index (χ1n) is 8.85. The molecule has 7 nitrogen and oxygen atoms in total. The van der Waals surface area contributed by atoms with Gasteiger partial charge in [-0.2, -0.15) is 5.26 Å². The van der Waals surface area contributed by atoms with Gasteiger partial charge in [0, 0.05) is 31.9 Å². The molecule has 1 aromatic heterocycles. The molecule has 3 heterocycles. The van der Waals surface area contributed by atoms with Crippen LogP contribution in [-0.2, 0) is 14.3 Å². The summed E-state index contributed by atoms with van der Waals surface area (Å²) >= 11 is 0. The Kier molecular flexibility index (Phi) is 6.20. The number of nitriles is 1. The third kappa shape index (κ3) is 4.91. The molecule has 25 heavy (non-hydrogen) atoms. The molecule has 2 fully saturated rings. The molecule has 3 rings (SSSR count). The Bertz CT molecular complexity index is 617. The first-order chi connectivity index (χ1) is 12.3. The standard InChI is InChI=1S/C18H24N4O3/c19-11-14-3-1-7-20-18(14)22-8-5-15(6-9-22)21-17(23)13-24-12-16-4-2-10-25-16/h1,3,7,15-16H,2,4-6,8-10,12-13H2,(H,21,23). The highest BCUT2D eigenvalue weighted by Crippen LogP contribution is 2.21. The van der Waals surface area contributed by atoms with Crippen molar-refractivity contribution >= 4 is 11.7 Å². The minimum absolute atomic E-state index is 0.0769. The summed E-state index contributed by atoms with van der Waals surface area (Å²) in [4.78, 5) is 18.4. The molecule has 0 bridgehead atoms. The number of nitrogens with zero attached hydrogens (tertiary/aromatic N) is 3. The van der Waals surface area contributed by atoms with E-state index in [4.69, 9.17) is 9.47 Å². The van der Waals surface area contributed by atoms with Gasteiger partial charge >= 0.3 is 0 Å². The molecule has 1 aromatic rings. The van der Waals surface area contributed by atoms with Crippen LogP contribution in [0.1, 0.15) is 31.2 Å². The predicted octanol–water partition coefficient (Wildman–Crippen LogP) is 1.23. The van der Waals surface area contributed by atoms with Crippen molar-refractivity contribution in [2.24, 2.45) is 0 Å². The van der Waals surface area contributed by atoms with Crippen LogP contribution in [0.2, 0.25) is 0 Å². The van der Waals surface area contributed by atoms with Crippen molar-refractivity contribution in [3.8, 4) is 6.07 Å². The molecule has 1 unspecified atom stereocenters. The maximum atomic E-state index is 12.0. The van der Waals surface area contributed by atoms with E-state index in [-0.39, 0.29) is 24.7 Å². The van der Waals surface area contributed by atoms with Gasteiger partial charge in [-0.15, -0.1) is 0 Å². The summed E-state index contributed by atoms with van der Waals surface area (Å²) in [6.07, 6.45) is 5.59. The van der Waals surface area contributed by atoms with Crippen LogP contribution in [0.5, 0.6) is 0 Å². The molecule has 0 aliphatic carbocycles. The average Bonchev–Trinajstić information content (AvgIpc) is 3.16. The number of rotatable bonds is 6. The average molecular weight is 344 g/mol. The van der Waals surface area contributed by atoms with Gasteiger partial charge in [0.25, 0.3) is 0 Å². The second kappa shape index (κ2) is 8.79. The molecule has 1 N–H and O–H groups in total. The van der Waals surface area contributed by atoms with Gasteiger partial charge in [-0.05, 0) is 37.8 Å². The third-order valence-electron chi connectivity index (χ3n) is 4.63. The van der Waals surface area contributed by atoms with Crippen LogP contribution in [0.25, 0.3) is 0 Å². The number of carbonyl (C=O) groups is 1. The van der Waals surface area contributed by atoms with Gasteiger partial charge in [-0.25, -0.2) is 4.98 Å². The number of anilines is 1. The Labute approximate surface area is 147 Å². The summed E-state index contributed by atoms with van der Waals surface area (Å²) in [5, 5.41) is 12.2. The zero-order valence-electron chi connectivity index (χ0n) is 14.3. The van der Waals surface area contributed by atoms with Crippen LogP contribution < -0.4 is 10.2 Å². The molecule has 2 aliphatic rings. The van der Waals surface area contributed by atoms with Gasteiger partial charge in [-0.3, -0.25) is 4.79 Å². The smallest absolute Gasteiger partial charge is 0.246 e. The van der Waals surface area contributed by atoms with Crippen molar-refractivity contribution in [2.75, 3.05) is 37.8 Å². The molecule has 2 saturated heterocycles. The van der Waals surface area contributed by atoms with Crippen molar-refractivity contribution in [3.63, 3.8) is 0 Å². The molecule has 1 atom stereocenters. The Hall–Kier alpha value is -2.17. The Morgan fingerprint density at radius 3 is 3.00 bits per heavy atom. The van der Waals surface area contributed by atoms with Gasteiger partial charge in [0.1, 0.15) is 18.5 Å². The van der Waals surface area contributed by atoms with E-state index < -0.39 is 0 Å². The van der Waals surface area contributed by atoms with Crippen molar-refractivity contribution in [1.29, 1.82) is 5.26 Å². The summed E-state index contributed by atoms with van der Waals surface area (Å²) in [5.74, 6) is 0.654. The zero-order chi connectivity index (χ0) is 17.5. The molecular formula is C18H24N4O3. The fourth-order valence-corrected chi connectivity index (χ4v) is 3.30. The number of hydrogen-bond donors (Lipinski definition) is 1. The monoisotopic (exact) mass is 344 g/mol. The minimum Gasteiger partial charge on any atom is -0.376 e. The minimum atomic E-state index is -0.0769. The second-order valence-corrected chi connectivity index (χ2v) is 6.47. The van der Waals surface area contributed by atoms with Crippen LogP contribution in [0.3, 0.4) is 0 Å². The second-order valence-electron chi connectivity index (χ2n) is 6.47. The largest absolute Gasteiger partial charge is 0.376 e. The molecule has 7 heteroatoms. The number of amides is 1. The van der Waals surface area contributed by atoms with Gasteiger partial charge in [0.2, 0.25) is 5.91 Å². The summed E-state index contributed by atoms with van der Waals surface area (Å²) in [6, 6.07) is 5.87. The van der Waals surface area contributed by atoms with Crippen molar-refractivity contribution < 1.29 is 14.3 Å². The zero-order valence-corrected chi connectivity index (χ0v) is 14.3. The maximum absolute atomic E-state index is 12.0. The van der Waals surface area contributed by atoms with Crippen molar-refractivity contribution in [1.82, 2.24) is 10.3 Å². The lowest BCUT2D eigenvalue weighted by Gasteiger charge is -2.33. The van der Waals surface area contributed by atoms with Crippen LogP contribution in [0.4, 0.5) is 5.82 Å². The van der Waals surface area contributed by atoms with Gasteiger partial charge < -0.3 is 19.7 Å². The first kappa shape index (κ1) is 17.6. The summed E-state index contributed by atoms with van der Waals surface area (Å²) in [7, 11) is 0. The molecule has 2 aliphatic heterocycles. The molecule has 0 saturated carbocycles. The fraction of sp³-hybridized carbons (Fsp3) is 0.611. The van der Waals surface area contributed by atoms with Crippen LogP contribution in [-0.4, -0.2) is 55.9 Å². The topological polar surface area (TPSA) is 87.5 Å². The van der Waals surface area contributed by atoms with Crippen LogP contribution in [0.15, 0.2) is 18.3 Å². The van der Waals surface area contributed by atoms with E-state index in [0.29, 0.717) is 12.2 Å². The summed E-state index contributed by atoms with van der Waals surface area (Å²) in [6.45, 7) is 2.91. The lowest BCUT2D eigenvalue weighted by Crippen LogP contribution is -2.46. The maximum Gasteiger partial charge on any atom is 0.246 e. The van der Waals surface area contributed by atoms with Gasteiger partial charge in [0.15, 0.2) is 0 Å². The Morgan fingerprint density at radius 1 is 1.44 bits per heavy atom. The molecule has 134 valence electrons. The number of carbonyl (C=O) groups excluding carboxylic acids is 1. The number of nitrogens with one attached hydrogen (secondary N) is 1. The molecular weight excluding hydrogens is 320 g/mol.